The van der Waals surface area contributed by atoms with Crippen molar-refractivity contribution in [2.24, 2.45) is 0 Å². The predicted molar refractivity (Wildman–Crippen MR) is 62.9 cm³/mol. The van der Waals surface area contributed by atoms with Gasteiger partial charge in [0, 0.05) is 17.2 Å². The van der Waals surface area contributed by atoms with Crippen molar-refractivity contribution >= 4 is 5.78 Å². The minimum absolute atomic E-state index is 0.0190. The van der Waals surface area contributed by atoms with Gasteiger partial charge in [-0.05, 0) is 36.4 Å². The first kappa shape index (κ1) is 15.0. The van der Waals surface area contributed by atoms with E-state index in [0.717, 1.165) is 36.4 Å². The molecule has 2 aromatic rings. The van der Waals surface area contributed by atoms with Crippen LogP contribution in [0.25, 0.3) is 0 Å². The van der Waals surface area contributed by atoms with Gasteiger partial charge in [-0.15, -0.1) is 13.2 Å². The summed E-state index contributed by atoms with van der Waals surface area (Å²) in [6, 6.07) is 6.32. The van der Waals surface area contributed by atoms with Gasteiger partial charge in [0.15, 0.2) is 5.78 Å². The Hall–Kier alpha value is -2.44. The Morgan fingerprint density at radius 2 is 1.38 bits per heavy atom. The fraction of sp³-hybridized carbons (Fsp3) is 0.0714. The highest BCUT2D eigenvalue weighted by atomic mass is 19.4. The Morgan fingerprint density at radius 1 is 0.857 bits per heavy atom. The fourth-order valence-electron chi connectivity index (χ4n) is 1.66. The van der Waals surface area contributed by atoms with Crippen LogP contribution in [0.2, 0.25) is 0 Å². The molecule has 0 saturated heterocycles. The van der Waals surface area contributed by atoms with Crippen molar-refractivity contribution in [1.82, 2.24) is 0 Å². The van der Waals surface area contributed by atoms with Gasteiger partial charge in [0.25, 0.3) is 0 Å². The molecule has 0 aliphatic heterocycles. The molecule has 2 nitrogen and oxygen atoms in total. The van der Waals surface area contributed by atoms with E-state index < -0.39 is 29.5 Å². The standard InChI is InChI=1S/C14H7F5O2/c15-10-5-9(6-11(16)7-10)13(20)8-1-3-12(4-2-8)21-14(17,18)19/h1-7H. The fourth-order valence-corrected chi connectivity index (χ4v) is 1.66. The van der Waals surface area contributed by atoms with Gasteiger partial charge >= 0.3 is 6.36 Å². The third-order valence-corrected chi connectivity index (χ3v) is 2.47. The minimum Gasteiger partial charge on any atom is -0.406 e. The third kappa shape index (κ3) is 4.01. The number of rotatable bonds is 3. The maximum absolute atomic E-state index is 13.0. The second-order valence-corrected chi connectivity index (χ2v) is 4.06. The number of halogens is 5. The van der Waals surface area contributed by atoms with E-state index >= 15 is 0 Å². The molecule has 0 aliphatic rings. The van der Waals surface area contributed by atoms with Crippen molar-refractivity contribution < 1.29 is 31.5 Å². The average molecular weight is 302 g/mol. The molecule has 110 valence electrons. The second kappa shape index (κ2) is 5.51. The van der Waals surface area contributed by atoms with Gasteiger partial charge in [-0.3, -0.25) is 4.79 Å². The van der Waals surface area contributed by atoms with Crippen molar-refractivity contribution in [2.45, 2.75) is 6.36 Å². The van der Waals surface area contributed by atoms with E-state index in [9.17, 15) is 26.7 Å². The van der Waals surface area contributed by atoms with Gasteiger partial charge in [0.05, 0.1) is 0 Å². The lowest BCUT2D eigenvalue weighted by atomic mass is 10.0. The Morgan fingerprint density at radius 3 is 1.86 bits per heavy atom. The SMILES string of the molecule is O=C(c1ccc(OC(F)(F)F)cc1)c1cc(F)cc(F)c1. The molecule has 0 atom stereocenters. The van der Waals surface area contributed by atoms with Crippen LogP contribution in [0.15, 0.2) is 42.5 Å². The number of hydrogen-bond acceptors (Lipinski definition) is 2. The summed E-state index contributed by atoms with van der Waals surface area (Å²) < 4.78 is 65.6. The molecule has 0 aliphatic carbocycles. The summed E-state index contributed by atoms with van der Waals surface area (Å²) in [5.41, 5.74) is -0.258. The molecular weight excluding hydrogens is 295 g/mol. The molecule has 0 N–H and O–H groups in total. The van der Waals surface area contributed by atoms with Gasteiger partial charge in [-0.25, -0.2) is 8.78 Å². The van der Waals surface area contributed by atoms with Crippen LogP contribution in [0.3, 0.4) is 0 Å². The zero-order chi connectivity index (χ0) is 15.6. The van der Waals surface area contributed by atoms with Crippen molar-refractivity contribution in [3.8, 4) is 5.75 Å². The summed E-state index contributed by atoms with van der Waals surface area (Å²) in [6.07, 6.45) is -4.84. The summed E-state index contributed by atoms with van der Waals surface area (Å²) in [4.78, 5) is 12.0. The molecule has 0 heterocycles. The largest absolute Gasteiger partial charge is 0.573 e. The van der Waals surface area contributed by atoms with Crippen LogP contribution in [-0.4, -0.2) is 12.1 Å². The summed E-state index contributed by atoms with van der Waals surface area (Å²) in [5.74, 6) is -3.05. The predicted octanol–water partition coefficient (Wildman–Crippen LogP) is 4.09. The first-order valence-corrected chi connectivity index (χ1v) is 5.61. The second-order valence-electron chi connectivity index (χ2n) is 4.06. The quantitative estimate of drug-likeness (QED) is 0.630. The number of alkyl halides is 3. The molecule has 0 aromatic heterocycles. The van der Waals surface area contributed by atoms with Crippen LogP contribution >= 0.6 is 0 Å². The van der Waals surface area contributed by atoms with E-state index in [1.54, 1.807) is 0 Å². The molecule has 2 aromatic carbocycles. The third-order valence-electron chi connectivity index (χ3n) is 2.47. The maximum Gasteiger partial charge on any atom is 0.573 e. The first-order chi connectivity index (χ1) is 9.74. The van der Waals surface area contributed by atoms with Gasteiger partial charge in [-0.2, -0.15) is 0 Å². The normalized spacial score (nSPS) is 11.3. The molecular formula is C14H7F5O2. The Labute approximate surface area is 115 Å². The van der Waals surface area contributed by atoms with Crippen molar-refractivity contribution in [3.63, 3.8) is 0 Å². The molecule has 21 heavy (non-hydrogen) atoms. The zero-order valence-corrected chi connectivity index (χ0v) is 10.2. The van der Waals surface area contributed by atoms with Gasteiger partial charge < -0.3 is 4.74 Å². The summed E-state index contributed by atoms with van der Waals surface area (Å²) in [6.45, 7) is 0. The lowest BCUT2D eigenvalue weighted by Crippen LogP contribution is -2.17. The number of carbonyl (C=O) groups excluding carboxylic acids is 1. The first-order valence-electron chi connectivity index (χ1n) is 5.61. The van der Waals surface area contributed by atoms with E-state index in [2.05, 4.69) is 4.74 Å². The average Bonchev–Trinajstić information content (AvgIpc) is 2.35. The topological polar surface area (TPSA) is 26.3 Å². The van der Waals surface area contributed by atoms with Crippen LogP contribution in [-0.2, 0) is 0 Å². The smallest absolute Gasteiger partial charge is 0.406 e. The van der Waals surface area contributed by atoms with Gasteiger partial charge in [0.2, 0.25) is 0 Å². The van der Waals surface area contributed by atoms with Crippen LogP contribution in [0, 0.1) is 11.6 Å². The molecule has 0 unspecified atom stereocenters. The molecule has 2 rings (SSSR count). The summed E-state index contributed by atoms with van der Waals surface area (Å²) in [7, 11) is 0. The van der Waals surface area contributed by atoms with Crippen LogP contribution < -0.4 is 4.74 Å². The lowest BCUT2D eigenvalue weighted by Gasteiger charge is -2.09. The minimum atomic E-state index is -4.84. The zero-order valence-electron chi connectivity index (χ0n) is 10.2. The lowest BCUT2D eigenvalue weighted by molar-refractivity contribution is -0.274. The Kier molecular flexibility index (Phi) is 3.93. The van der Waals surface area contributed by atoms with Crippen LogP contribution in [0.5, 0.6) is 5.75 Å². The van der Waals surface area contributed by atoms with Crippen LogP contribution in [0.4, 0.5) is 22.0 Å². The van der Waals surface area contributed by atoms with E-state index in [4.69, 9.17) is 0 Å². The molecule has 0 spiro atoms. The number of ether oxygens (including phenoxy) is 1. The van der Waals surface area contributed by atoms with E-state index in [-0.39, 0.29) is 11.1 Å². The monoisotopic (exact) mass is 302 g/mol. The number of benzene rings is 2. The summed E-state index contributed by atoms with van der Waals surface area (Å²) in [5, 5.41) is 0. The highest BCUT2D eigenvalue weighted by Crippen LogP contribution is 2.23. The number of ketones is 1. The highest BCUT2D eigenvalue weighted by molar-refractivity contribution is 6.09. The Balaban J connectivity index is 2.24. The molecule has 7 heteroatoms. The molecule has 0 bridgehead atoms. The van der Waals surface area contributed by atoms with E-state index in [1.165, 1.54) is 0 Å². The molecule has 0 amide bonds. The number of carbonyl (C=O) groups is 1. The highest BCUT2D eigenvalue weighted by Gasteiger charge is 2.31. The Bertz CT molecular complexity index is 642. The van der Waals surface area contributed by atoms with Crippen molar-refractivity contribution in [1.29, 1.82) is 0 Å². The summed E-state index contributed by atoms with van der Waals surface area (Å²) >= 11 is 0. The van der Waals surface area contributed by atoms with Crippen LogP contribution in [0.1, 0.15) is 15.9 Å². The molecule has 0 radical (unpaired) electrons. The number of hydrogen-bond donors (Lipinski definition) is 0. The van der Waals surface area contributed by atoms with Crippen molar-refractivity contribution in [2.75, 3.05) is 0 Å². The van der Waals surface area contributed by atoms with Gasteiger partial charge in [-0.1, -0.05) is 0 Å². The van der Waals surface area contributed by atoms with Gasteiger partial charge in [0.1, 0.15) is 17.4 Å². The van der Waals surface area contributed by atoms with E-state index in [1.807, 2.05) is 0 Å². The molecule has 0 saturated carbocycles. The van der Waals surface area contributed by atoms with Crippen molar-refractivity contribution in [3.05, 3.63) is 65.2 Å². The van der Waals surface area contributed by atoms with E-state index in [0.29, 0.717) is 6.07 Å². The molecule has 0 fully saturated rings. The maximum atomic E-state index is 13.0.